The molecule has 0 aromatic heterocycles. The topological polar surface area (TPSA) is 20.3 Å². The Hall–Kier alpha value is -1.31. The molecule has 0 aliphatic carbocycles. The van der Waals surface area contributed by atoms with E-state index < -0.39 is 0 Å². The van der Waals surface area contributed by atoms with Crippen LogP contribution in [0.4, 0.5) is 5.69 Å². The summed E-state index contributed by atoms with van der Waals surface area (Å²) in [6, 6.07) is 6.61. The lowest BCUT2D eigenvalue weighted by molar-refractivity contribution is -0.121. The monoisotopic (exact) mass is 231 g/mol. The van der Waals surface area contributed by atoms with E-state index in [-0.39, 0.29) is 5.54 Å². The first kappa shape index (κ1) is 12.2. The maximum absolute atomic E-state index is 11.6. The van der Waals surface area contributed by atoms with Crippen molar-refractivity contribution in [3.05, 3.63) is 29.3 Å². The first-order valence-corrected chi connectivity index (χ1v) is 6.26. The van der Waals surface area contributed by atoms with Crippen molar-refractivity contribution in [3.8, 4) is 0 Å². The average molecular weight is 231 g/mol. The van der Waals surface area contributed by atoms with Crippen LogP contribution in [0.25, 0.3) is 0 Å². The first-order valence-electron chi connectivity index (χ1n) is 6.26. The number of nitrogens with zero attached hydrogens (tertiary/aromatic N) is 1. The molecule has 2 heteroatoms. The molecule has 2 nitrogen and oxygen atoms in total. The maximum atomic E-state index is 11.6. The number of carbonyl (C=O) groups excluding carboxylic acids is 1. The Balaban J connectivity index is 2.35. The van der Waals surface area contributed by atoms with Gasteiger partial charge in [-0.2, -0.15) is 0 Å². The average Bonchev–Trinajstić information content (AvgIpc) is 2.13. The lowest BCUT2D eigenvalue weighted by atomic mass is 9.88. The van der Waals surface area contributed by atoms with E-state index in [2.05, 4.69) is 50.8 Å². The Morgan fingerprint density at radius 3 is 2.24 bits per heavy atom. The van der Waals surface area contributed by atoms with Crippen molar-refractivity contribution in [1.29, 1.82) is 0 Å². The lowest BCUT2D eigenvalue weighted by Gasteiger charge is -2.43. The number of Topliss-reactive ketones (excluding diaryl/α,β-unsaturated/α-hetero) is 1. The van der Waals surface area contributed by atoms with Crippen LogP contribution < -0.4 is 4.90 Å². The van der Waals surface area contributed by atoms with E-state index in [1.54, 1.807) is 0 Å². The third-order valence-electron chi connectivity index (χ3n) is 3.49. The highest BCUT2D eigenvalue weighted by Gasteiger charge is 2.33. The summed E-state index contributed by atoms with van der Waals surface area (Å²) in [6.45, 7) is 9.40. The van der Waals surface area contributed by atoms with Gasteiger partial charge in [-0.1, -0.05) is 6.07 Å². The van der Waals surface area contributed by atoms with Crippen LogP contribution in [0.2, 0.25) is 0 Å². The molecule has 1 aromatic rings. The molecule has 0 atom stereocenters. The number of hydrogen-bond acceptors (Lipinski definition) is 2. The Labute approximate surface area is 104 Å². The Bertz CT molecular complexity index is 428. The van der Waals surface area contributed by atoms with E-state index in [9.17, 15) is 4.79 Å². The molecule has 1 fully saturated rings. The minimum Gasteiger partial charge on any atom is -0.366 e. The van der Waals surface area contributed by atoms with Crippen molar-refractivity contribution in [3.63, 3.8) is 0 Å². The summed E-state index contributed by atoms with van der Waals surface area (Å²) < 4.78 is 0. The van der Waals surface area contributed by atoms with Gasteiger partial charge in [0.1, 0.15) is 5.78 Å². The Morgan fingerprint density at radius 2 is 1.71 bits per heavy atom. The summed E-state index contributed by atoms with van der Waals surface area (Å²) in [7, 11) is 0. The standard InChI is InChI=1S/C15H21NO/c1-11-7-12(2)9-13(8-11)16-6-5-14(17)10-15(16,3)4/h7-9H,5-6,10H2,1-4H3. The van der Waals surface area contributed by atoms with Gasteiger partial charge >= 0.3 is 0 Å². The molecule has 0 radical (unpaired) electrons. The van der Waals surface area contributed by atoms with E-state index in [1.165, 1.54) is 16.8 Å². The number of anilines is 1. The highest BCUT2D eigenvalue weighted by Crippen LogP contribution is 2.32. The normalized spacial score (nSPS) is 19.5. The fraction of sp³-hybridized carbons (Fsp3) is 0.533. The second-order valence-electron chi connectivity index (χ2n) is 5.78. The molecule has 2 rings (SSSR count). The third-order valence-corrected chi connectivity index (χ3v) is 3.49. The van der Waals surface area contributed by atoms with E-state index in [4.69, 9.17) is 0 Å². The minimum atomic E-state index is -0.0600. The quantitative estimate of drug-likeness (QED) is 0.739. The van der Waals surface area contributed by atoms with Crippen molar-refractivity contribution in [2.24, 2.45) is 0 Å². The Morgan fingerprint density at radius 1 is 1.12 bits per heavy atom. The summed E-state index contributed by atoms with van der Waals surface area (Å²) in [5.74, 6) is 0.385. The predicted octanol–water partition coefficient (Wildman–Crippen LogP) is 3.25. The third kappa shape index (κ3) is 2.51. The lowest BCUT2D eigenvalue weighted by Crippen LogP contribution is -2.50. The SMILES string of the molecule is Cc1cc(C)cc(N2CCC(=O)CC2(C)C)c1. The zero-order valence-electron chi connectivity index (χ0n) is 11.2. The number of ketones is 1. The largest absolute Gasteiger partial charge is 0.366 e. The number of carbonyl (C=O) groups is 1. The number of piperidine rings is 1. The summed E-state index contributed by atoms with van der Waals surface area (Å²) in [5.41, 5.74) is 3.76. The number of hydrogen-bond donors (Lipinski definition) is 0. The number of rotatable bonds is 1. The van der Waals surface area contributed by atoms with Gasteiger partial charge in [0.05, 0.1) is 0 Å². The molecule has 0 N–H and O–H groups in total. The summed E-state index contributed by atoms with van der Waals surface area (Å²) in [4.78, 5) is 13.9. The van der Waals surface area contributed by atoms with Gasteiger partial charge in [-0.15, -0.1) is 0 Å². The number of aryl methyl sites for hydroxylation is 2. The van der Waals surface area contributed by atoms with E-state index in [0.717, 1.165) is 6.54 Å². The summed E-state index contributed by atoms with van der Waals surface area (Å²) in [6.07, 6.45) is 1.33. The van der Waals surface area contributed by atoms with E-state index >= 15 is 0 Å². The molecule has 0 saturated carbocycles. The highest BCUT2D eigenvalue weighted by molar-refractivity contribution is 5.82. The van der Waals surface area contributed by atoms with Crippen LogP contribution in [-0.4, -0.2) is 17.9 Å². The second kappa shape index (κ2) is 4.17. The van der Waals surface area contributed by atoms with Crippen molar-refractivity contribution in [2.75, 3.05) is 11.4 Å². The van der Waals surface area contributed by atoms with E-state index in [0.29, 0.717) is 18.6 Å². The van der Waals surface area contributed by atoms with Crippen LogP contribution in [-0.2, 0) is 4.79 Å². The fourth-order valence-electron chi connectivity index (χ4n) is 2.79. The predicted molar refractivity (Wildman–Crippen MR) is 71.6 cm³/mol. The molecule has 1 saturated heterocycles. The molecule has 0 amide bonds. The summed E-state index contributed by atoms with van der Waals surface area (Å²) in [5, 5.41) is 0. The molecule has 0 bridgehead atoms. The zero-order chi connectivity index (χ0) is 12.6. The van der Waals surface area contributed by atoms with Gasteiger partial charge in [0.2, 0.25) is 0 Å². The van der Waals surface area contributed by atoms with Crippen molar-refractivity contribution in [2.45, 2.75) is 46.1 Å². The van der Waals surface area contributed by atoms with Crippen LogP contribution in [0, 0.1) is 13.8 Å². The molecule has 1 heterocycles. The van der Waals surface area contributed by atoms with Gasteiger partial charge in [0.15, 0.2) is 0 Å². The number of benzene rings is 1. The second-order valence-corrected chi connectivity index (χ2v) is 5.78. The van der Waals surface area contributed by atoms with Gasteiger partial charge in [-0.3, -0.25) is 4.79 Å². The van der Waals surface area contributed by atoms with Crippen molar-refractivity contribution >= 4 is 11.5 Å². The fourth-order valence-corrected chi connectivity index (χ4v) is 2.79. The van der Waals surface area contributed by atoms with Crippen molar-refractivity contribution in [1.82, 2.24) is 0 Å². The maximum Gasteiger partial charge on any atom is 0.136 e. The molecule has 92 valence electrons. The van der Waals surface area contributed by atoms with Crippen LogP contribution >= 0.6 is 0 Å². The molecule has 0 unspecified atom stereocenters. The smallest absolute Gasteiger partial charge is 0.136 e. The molecular formula is C15H21NO. The van der Waals surface area contributed by atoms with Crippen LogP contribution in [0.3, 0.4) is 0 Å². The van der Waals surface area contributed by atoms with Gasteiger partial charge in [-0.05, 0) is 51.0 Å². The van der Waals surface area contributed by atoms with E-state index in [1.807, 2.05) is 0 Å². The molecule has 1 aromatic carbocycles. The molecule has 17 heavy (non-hydrogen) atoms. The minimum absolute atomic E-state index is 0.0600. The van der Waals surface area contributed by atoms with Gasteiger partial charge in [-0.25, -0.2) is 0 Å². The molecular weight excluding hydrogens is 210 g/mol. The van der Waals surface area contributed by atoms with Gasteiger partial charge in [0, 0.05) is 30.6 Å². The molecule has 1 aliphatic rings. The van der Waals surface area contributed by atoms with Gasteiger partial charge in [0.25, 0.3) is 0 Å². The zero-order valence-corrected chi connectivity index (χ0v) is 11.2. The van der Waals surface area contributed by atoms with Crippen LogP contribution in [0.15, 0.2) is 18.2 Å². The summed E-state index contributed by atoms with van der Waals surface area (Å²) >= 11 is 0. The molecule has 1 aliphatic heterocycles. The van der Waals surface area contributed by atoms with Crippen molar-refractivity contribution < 1.29 is 4.79 Å². The van der Waals surface area contributed by atoms with Crippen LogP contribution in [0.5, 0.6) is 0 Å². The Kier molecular flexibility index (Phi) is 2.98. The molecule has 0 spiro atoms. The highest BCUT2D eigenvalue weighted by atomic mass is 16.1. The van der Waals surface area contributed by atoms with Gasteiger partial charge < -0.3 is 4.90 Å². The van der Waals surface area contributed by atoms with Crippen LogP contribution in [0.1, 0.15) is 37.8 Å². The first-order chi connectivity index (χ1) is 7.88.